The second kappa shape index (κ2) is 4.48. The minimum Gasteiger partial charge on any atom is -0.327 e. The Morgan fingerprint density at radius 1 is 1.43 bits per heavy atom. The molecule has 1 aliphatic carbocycles. The second-order valence-electron chi connectivity index (χ2n) is 5.37. The van der Waals surface area contributed by atoms with E-state index in [-0.39, 0.29) is 0 Å². The van der Waals surface area contributed by atoms with E-state index in [1.54, 1.807) is 11.1 Å². The Balaban J connectivity index is 2.57. The molecule has 0 heterocycles. The fourth-order valence-corrected chi connectivity index (χ4v) is 2.36. The molecule has 0 saturated carbocycles. The molecule has 82 valence electrons. The molecule has 0 aromatic rings. The zero-order valence-electron chi connectivity index (χ0n) is 10.2. The smallest absolute Gasteiger partial charge is 0.00760 e. The van der Waals surface area contributed by atoms with Crippen LogP contribution in [0.5, 0.6) is 0 Å². The van der Waals surface area contributed by atoms with Crippen LogP contribution in [0.2, 0.25) is 0 Å². The third kappa shape index (κ3) is 2.60. The number of nitrogens with two attached hydrogens (primary N) is 1. The van der Waals surface area contributed by atoms with Crippen LogP contribution in [-0.4, -0.2) is 6.04 Å². The van der Waals surface area contributed by atoms with Gasteiger partial charge in [0.15, 0.2) is 0 Å². The first kappa shape index (κ1) is 11.8. The Morgan fingerprint density at radius 2 is 2.07 bits per heavy atom. The summed E-state index contributed by atoms with van der Waals surface area (Å²) in [7, 11) is 0. The van der Waals surface area contributed by atoms with E-state index in [1.807, 2.05) is 0 Å². The highest BCUT2D eigenvalue weighted by atomic mass is 14.6. The fraction of sp³-hybridized carbons (Fsp3) is 0.846. The summed E-state index contributed by atoms with van der Waals surface area (Å²) in [6.07, 6.45) is 6.08. The van der Waals surface area contributed by atoms with Crippen molar-refractivity contribution in [2.45, 2.75) is 65.8 Å². The maximum atomic E-state index is 6.08. The first-order valence-corrected chi connectivity index (χ1v) is 5.92. The highest BCUT2D eigenvalue weighted by Gasteiger charge is 2.29. The monoisotopic (exact) mass is 195 g/mol. The van der Waals surface area contributed by atoms with Crippen molar-refractivity contribution < 1.29 is 0 Å². The number of allylic oxidation sites excluding steroid dienone is 1. The first-order valence-electron chi connectivity index (χ1n) is 5.92. The molecule has 1 aliphatic rings. The lowest BCUT2D eigenvalue weighted by Gasteiger charge is -2.20. The summed E-state index contributed by atoms with van der Waals surface area (Å²) in [6, 6.07) is 0.388. The van der Waals surface area contributed by atoms with Gasteiger partial charge in [-0.05, 0) is 38.0 Å². The van der Waals surface area contributed by atoms with Gasteiger partial charge in [0, 0.05) is 6.04 Å². The first-order chi connectivity index (χ1) is 6.47. The number of rotatable bonds is 4. The van der Waals surface area contributed by atoms with Gasteiger partial charge in [-0.1, -0.05) is 38.3 Å². The van der Waals surface area contributed by atoms with Crippen LogP contribution in [0.3, 0.4) is 0 Å². The van der Waals surface area contributed by atoms with Crippen molar-refractivity contribution in [3.05, 3.63) is 11.1 Å². The summed E-state index contributed by atoms with van der Waals surface area (Å²) in [5.41, 5.74) is 9.75. The molecule has 14 heavy (non-hydrogen) atoms. The van der Waals surface area contributed by atoms with Crippen LogP contribution < -0.4 is 5.73 Å². The number of hydrogen-bond acceptors (Lipinski definition) is 1. The largest absolute Gasteiger partial charge is 0.327 e. The molecule has 1 atom stereocenters. The molecule has 1 rings (SSSR count). The van der Waals surface area contributed by atoms with Gasteiger partial charge in [-0.3, -0.25) is 0 Å². The van der Waals surface area contributed by atoms with Gasteiger partial charge in [0.2, 0.25) is 0 Å². The van der Waals surface area contributed by atoms with Gasteiger partial charge in [-0.15, -0.1) is 0 Å². The summed E-state index contributed by atoms with van der Waals surface area (Å²) in [5.74, 6) is 0. The lowest BCUT2D eigenvalue weighted by atomic mass is 9.86. The maximum Gasteiger partial charge on any atom is 0.00760 e. The third-order valence-electron chi connectivity index (χ3n) is 3.77. The van der Waals surface area contributed by atoms with Gasteiger partial charge < -0.3 is 5.73 Å². The molecule has 1 heteroatoms. The van der Waals surface area contributed by atoms with E-state index in [0.717, 1.165) is 12.8 Å². The molecule has 0 spiro atoms. The maximum absolute atomic E-state index is 6.08. The van der Waals surface area contributed by atoms with Crippen LogP contribution in [0, 0.1) is 5.41 Å². The second-order valence-corrected chi connectivity index (χ2v) is 5.37. The van der Waals surface area contributed by atoms with E-state index >= 15 is 0 Å². The molecule has 0 aliphatic heterocycles. The van der Waals surface area contributed by atoms with Crippen LogP contribution in [0.1, 0.15) is 59.8 Å². The summed E-state index contributed by atoms with van der Waals surface area (Å²) >= 11 is 0. The fourth-order valence-electron chi connectivity index (χ4n) is 2.36. The van der Waals surface area contributed by atoms with E-state index in [1.165, 1.54) is 19.3 Å². The molecule has 0 bridgehead atoms. The lowest BCUT2D eigenvalue weighted by Crippen LogP contribution is -2.20. The van der Waals surface area contributed by atoms with Gasteiger partial charge in [-0.25, -0.2) is 0 Å². The SMILES string of the molecule is CCCC(N)CC1=C(C)C(C)(C)CC1. The third-order valence-corrected chi connectivity index (χ3v) is 3.77. The highest BCUT2D eigenvalue weighted by molar-refractivity contribution is 5.25. The van der Waals surface area contributed by atoms with Gasteiger partial charge in [-0.2, -0.15) is 0 Å². The zero-order valence-corrected chi connectivity index (χ0v) is 10.2. The standard InChI is InChI=1S/C13H25N/c1-5-6-12(14)9-11-7-8-13(3,4)10(11)2/h12H,5-9,14H2,1-4H3. The summed E-state index contributed by atoms with van der Waals surface area (Å²) < 4.78 is 0. The van der Waals surface area contributed by atoms with E-state index in [9.17, 15) is 0 Å². The highest BCUT2D eigenvalue weighted by Crippen LogP contribution is 2.43. The summed E-state index contributed by atoms with van der Waals surface area (Å²) in [5, 5.41) is 0. The van der Waals surface area contributed by atoms with E-state index in [4.69, 9.17) is 5.73 Å². The molecule has 0 radical (unpaired) electrons. The van der Waals surface area contributed by atoms with Crippen LogP contribution in [0.25, 0.3) is 0 Å². The van der Waals surface area contributed by atoms with Crippen molar-refractivity contribution in [3.63, 3.8) is 0 Å². The van der Waals surface area contributed by atoms with Crippen molar-refractivity contribution >= 4 is 0 Å². The Hall–Kier alpha value is -0.300. The molecule has 1 nitrogen and oxygen atoms in total. The van der Waals surface area contributed by atoms with Crippen molar-refractivity contribution in [2.24, 2.45) is 11.1 Å². The average Bonchev–Trinajstić information content (AvgIpc) is 2.33. The van der Waals surface area contributed by atoms with Crippen LogP contribution >= 0.6 is 0 Å². The predicted octanol–water partition coefficient (Wildman–Crippen LogP) is 3.64. The summed E-state index contributed by atoms with van der Waals surface area (Å²) in [6.45, 7) is 9.20. The molecular formula is C13H25N. The van der Waals surface area contributed by atoms with Crippen molar-refractivity contribution in [2.75, 3.05) is 0 Å². The van der Waals surface area contributed by atoms with Gasteiger partial charge >= 0.3 is 0 Å². The van der Waals surface area contributed by atoms with Gasteiger partial charge in [0.1, 0.15) is 0 Å². The molecule has 0 aromatic heterocycles. The molecule has 0 fully saturated rings. The van der Waals surface area contributed by atoms with Crippen LogP contribution in [0.15, 0.2) is 11.1 Å². The minimum atomic E-state index is 0.388. The molecular weight excluding hydrogens is 170 g/mol. The average molecular weight is 195 g/mol. The Bertz CT molecular complexity index is 225. The van der Waals surface area contributed by atoms with E-state index < -0.39 is 0 Å². The van der Waals surface area contributed by atoms with Crippen molar-refractivity contribution in [1.29, 1.82) is 0 Å². The Kier molecular flexibility index (Phi) is 3.77. The quantitative estimate of drug-likeness (QED) is 0.681. The molecule has 0 aromatic carbocycles. The minimum absolute atomic E-state index is 0.388. The predicted molar refractivity (Wildman–Crippen MR) is 63.2 cm³/mol. The molecule has 0 saturated heterocycles. The Morgan fingerprint density at radius 3 is 2.50 bits per heavy atom. The van der Waals surface area contributed by atoms with Crippen LogP contribution in [0.4, 0.5) is 0 Å². The number of hydrogen-bond donors (Lipinski definition) is 1. The van der Waals surface area contributed by atoms with Crippen molar-refractivity contribution in [3.8, 4) is 0 Å². The molecule has 2 N–H and O–H groups in total. The Labute approximate surface area is 88.8 Å². The topological polar surface area (TPSA) is 26.0 Å². The van der Waals surface area contributed by atoms with Crippen LogP contribution in [-0.2, 0) is 0 Å². The van der Waals surface area contributed by atoms with E-state index in [2.05, 4.69) is 27.7 Å². The van der Waals surface area contributed by atoms with Crippen molar-refractivity contribution in [1.82, 2.24) is 0 Å². The van der Waals surface area contributed by atoms with Gasteiger partial charge in [0.05, 0.1) is 0 Å². The molecule has 1 unspecified atom stereocenters. The summed E-state index contributed by atoms with van der Waals surface area (Å²) in [4.78, 5) is 0. The zero-order chi connectivity index (χ0) is 10.8. The molecule has 0 amide bonds. The van der Waals surface area contributed by atoms with E-state index in [0.29, 0.717) is 11.5 Å². The normalized spacial score (nSPS) is 22.9. The lowest BCUT2D eigenvalue weighted by molar-refractivity contribution is 0.442. The van der Waals surface area contributed by atoms with Gasteiger partial charge in [0.25, 0.3) is 0 Å².